The van der Waals surface area contributed by atoms with Crippen LogP contribution in [0.3, 0.4) is 0 Å². The molecule has 224 valence electrons. The molecule has 2 aromatic rings. The number of rotatable bonds is 13. The van der Waals surface area contributed by atoms with Gasteiger partial charge in [0.2, 0.25) is 11.8 Å². The molecule has 1 aliphatic carbocycles. The second kappa shape index (κ2) is 11.1. The molecule has 0 aromatic carbocycles. The second-order valence-corrected chi connectivity index (χ2v) is 13.8. The van der Waals surface area contributed by atoms with E-state index in [0.29, 0.717) is 11.2 Å². The highest BCUT2D eigenvalue weighted by Gasteiger charge is 2.85. The molecule has 2 aromatic heterocycles. The number of hydrogen-bond acceptors (Lipinski definition) is 14. The van der Waals surface area contributed by atoms with E-state index in [9.17, 15) is 24.7 Å². The lowest BCUT2D eigenvalue weighted by Crippen LogP contribution is -2.40. The maximum Gasteiger partial charge on any atom is 0.405 e. The molecule has 15 nitrogen and oxygen atoms in total. The number of nitrogens with zero attached hydrogens (tertiary/aromatic N) is 4. The standard InChI is InChI=1S/C23H37N6O9PS/c1-12(2)28-39(34,36-7-8-40-19(32)21(3,4)10-30)37-9-13-15(31)23(33)18(22(23,5)38-13)29-11-25-14-16(29)26-20(24)27-17(14)35-6/h11-13,15,18,30-31,33H,7-10H2,1-6H3,(H,28,34)(H2,24,26,27)/t13-,15?,18-,22?,23?,39?/m1/s1. The average Bonchev–Trinajstić information content (AvgIpc) is 3.10. The van der Waals surface area contributed by atoms with Gasteiger partial charge in [0.15, 0.2) is 16.3 Å². The Morgan fingerprint density at radius 2 is 2.08 bits per heavy atom. The summed E-state index contributed by atoms with van der Waals surface area (Å²) in [4.78, 5) is 24.7. The van der Waals surface area contributed by atoms with Crippen LogP contribution in [0.25, 0.3) is 11.2 Å². The quantitative estimate of drug-likeness (QED) is 0.157. The predicted octanol–water partition coefficient (Wildman–Crippen LogP) is 0.639. The molecule has 0 spiro atoms. The van der Waals surface area contributed by atoms with E-state index in [-0.39, 0.29) is 48.6 Å². The van der Waals surface area contributed by atoms with Gasteiger partial charge in [0.25, 0.3) is 0 Å². The molecule has 0 amide bonds. The third-order valence-corrected chi connectivity index (χ3v) is 10.1. The number of aliphatic hydroxyl groups is 3. The van der Waals surface area contributed by atoms with Crippen LogP contribution in [-0.4, -0.2) is 102 Å². The molecule has 4 unspecified atom stereocenters. The van der Waals surface area contributed by atoms with Gasteiger partial charge in [0, 0.05) is 11.8 Å². The van der Waals surface area contributed by atoms with Crippen molar-refractivity contribution < 1.29 is 43.2 Å². The minimum atomic E-state index is -3.88. The first-order valence-corrected chi connectivity index (χ1v) is 15.2. The van der Waals surface area contributed by atoms with E-state index in [1.807, 2.05) is 0 Å². The van der Waals surface area contributed by atoms with E-state index < -0.39 is 42.6 Å². The fourth-order valence-corrected chi connectivity index (χ4v) is 7.31. The Bertz CT molecular complexity index is 1310. The zero-order valence-electron chi connectivity index (χ0n) is 23.2. The molecule has 3 heterocycles. The first kappa shape index (κ1) is 31.1. The highest BCUT2D eigenvalue weighted by molar-refractivity contribution is 8.13. The summed E-state index contributed by atoms with van der Waals surface area (Å²) in [5.74, 6) is 0.315. The van der Waals surface area contributed by atoms with Crippen LogP contribution < -0.4 is 15.6 Å². The van der Waals surface area contributed by atoms with Gasteiger partial charge < -0.3 is 35.1 Å². The summed E-state index contributed by atoms with van der Waals surface area (Å²) in [5.41, 5.74) is 2.57. The normalized spacial score (nSPS) is 29.5. The Labute approximate surface area is 235 Å². The van der Waals surface area contributed by atoms with Gasteiger partial charge in [-0.25, -0.2) is 14.6 Å². The van der Waals surface area contributed by atoms with Gasteiger partial charge in [-0.2, -0.15) is 9.97 Å². The van der Waals surface area contributed by atoms with Crippen LogP contribution in [0.4, 0.5) is 5.95 Å². The summed E-state index contributed by atoms with van der Waals surface area (Å²) < 4.78 is 37.4. The molecule has 4 rings (SSSR count). The minimum absolute atomic E-state index is 0.0462. The number of aliphatic hydroxyl groups excluding tert-OH is 2. The van der Waals surface area contributed by atoms with Crippen LogP contribution in [-0.2, 0) is 23.1 Å². The summed E-state index contributed by atoms with van der Waals surface area (Å²) >= 11 is 0.961. The molecule has 6 atom stereocenters. The number of thioether (sulfide) groups is 1. The topological polar surface area (TPSA) is 213 Å². The molecule has 0 bridgehead atoms. The van der Waals surface area contributed by atoms with Crippen LogP contribution in [0.5, 0.6) is 5.88 Å². The summed E-state index contributed by atoms with van der Waals surface area (Å²) in [6.07, 6.45) is -1.00. The molecule has 2 aliphatic rings. The third-order valence-electron chi connectivity index (χ3n) is 7.08. The van der Waals surface area contributed by atoms with E-state index in [1.54, 1.807) is 39.2 Å². The number of carbonyl (C=O) groups excluding carboxylic acids is 1. The minimum Gasteiger partial charge on any atom is -0.479 e. The van der Waals surface area contributed by atoms with Crippen LogP contribution in [0.15, 0.2) is 6.33 Å². The lowest BCUT2D eigenvalue weighted by Gasteiger charge is -2.27. The first-order valence-electron chi connectivity index (χ1n) is 12.7. The van der Waals surface area contributed by atoms with E-state index in [1.165, 1.54) is 13.4 Å². The maximum atomic E-state index is 13.4. The number of carbonyl (C=O) groups is 1. The predicted molar refractivity (Wildman–Crippen MR) is 146 cm³/mol. The zero-order chi connectivity index (χ0) is 29.7. The molecule has 6 N–H and O–H groups in total. The van der Waals surface area contributed by atoms with Crippen molar-refractivity contribution in [3.8, 4) is 5.88 Å². The van der Waals surface area contributed by atoms with Gasteiger partial charge in [0.05, 0.1) is 38.7 Å². The summed E-state index contributed by atoms with van der Waals surface area (Å²) in [6.45, 7) is 7.69. The highest BCUT2D eigenvalue weighted by Crippen LogP contribution is 2.68. The van der Waals surface area contributed by atoms with Gasteiger partial charge >= 0.3 is 7.75 Å². The van der Waals surface area contributed by atoms with Crippen LogP contribution in [0, 0.1) is 5.41 Å². The Kier molecular flexibility index (Phi) is 8.60. The van der Waals surface area contributed by atoms with E-state index in [2.05, 4.69) is 20.0 Å². The number of nitrogens with two attached hydrogens (primary N) is 1. The van der Waals surface area contributed by atoms with Crippen LogP contribution in [0.2, 0.25) is 0 Å². The van der Waals surface area contributed by atoms with Crippen molar-refractivity contribution in [2.75, 3.05) is 38.4 Å². The van der Waals surface area contributed by atoms with Gasteiger partial charge in [-0.1, -0.05) is 11.8 Å². The van der Waals surface area contributed by atoms with Crippen molar-refractivity contribution in [2.24, 2.45) is 5.41 Å². The molecule has 1 saturated carbocycles. The van der Waals surface area contributed by atoms with Crippen LogP contribution >= 0.6 is 19.5 Å². The Balaban J connectivity index is 1.41. The van der Waals surface area contributed by atoms with Crippen molar-refractivity contribution in [3.63, 3.8) is 0 Å². The number of hydrogen-bond donors (Lipinski definition) is 5. The number of aromatic nitrogens is 4. The fraction of sp³-hybridized carbons (Fsp3) is 0.739. The molecule has 2 fully saturated rings. The molecule has 1 aliphatic heterocycles. The van der Waals surface area contributed by atoms with Crippen molar-refractivity contribution in [3.05, 3.63) is 6.33 Å². The van der Waals surface area contributed by atoms with E-state index >= 15 is 0 Å². The summed E-state index contributed by atoms with van der Waals surface area (Å²) in [6, 6.07) is -1.03. The summed E-state index contributed by atoms with van der Waals surface area (Å²) in [5, 5.41) is 34.5. The van der Waals surface area contributed by atoms with Gasteiger partial charge in [-0.3, -0.25) is 13.8 Å². The fourth-order valence-electron chi connectivity index (χ4n) is 4.85. The Hall–Kier alpha value is -1.88. The monoisotopic (exact) mass is 604 g/mol. The first-order chi connectivity index (χ1) is 18.6. The number of nitrogens with one attached hydrogen (secondary N) is 1. The smallest absolute Gasteiger partial charge is 0.405 e. The summed E-state index contributed by atoms with van der Waals surface area (Å²) in [7, 11) is -2.46. The SMILES string of the molecule is COc1nc(N)nc2c1ncn2[C@@H]1C2(C)O[C@H](COP(=O)(NC(C)C)OCCSC(=O)C(C)(C)CO)C(O)C12O. The zero-order valence-corrected chi connectivity index (χ0v) is 24.9. The van der Waals surface area contributed by atoms with Crippen molar-refractivity contribution >= 4 is 41.7 Å². The Morgan fingerprint density at radius 3 is 2.65 bits per heavy atom. The second-order valence-electron chi connectivity index (χ2n) is 10.9. The number of imidazole rings is 1. The number of nitrogen functional groups attached to an aromatic ring is 1. The average molecular weight is 605 g/mol. The van der Waals surface area contributed by atoms with E-state index in [4.69, 9.17) is 24.3 Å². The van der Waals surface area contributed by atoms with Gasteiger partial charge in [0.1, 0.15) is 29.5 Å². The molecular formula is C23H37N6O9PS. The molecule has 0 radical (unpaired) electrons. The maximum absolute atomic E-state index is 13.4. The molecular weight excluding hydrogens is 567 g/mol. The number of methoxy groups -OCH3 is 1. The largest absolute Gasteiger partial charge is 0.479 e. The van der Waals surface area contributed by atoms with Crippen LogP contribution in [0.1, 0.15) is 40.7 Å². The number of ether oxygens (including phenoxy) is 2. The Morgan fingerprint density at radius 1 is 1.38 bits per heavy atom. The van der Waals surface area contributed by atoms with Crippen molar-refractivity contribution in [2.45, 2.75) is 70.1 Å². The number of fused-ring (bicyclic) bond motifs is 2. The third kappa shape index (κ3) is 5.37. The lowest BCUT2D eigenvalue weighted by molar-refractivity contribution is -0.119. The molecule has 17 heteroatoms. The van der Waals surface area contributed by atoms with Crippen molar-refractivity contribution in [1.29, 1.82) is 0 Å². The molecule has 1 saturated heterocycles. The highest BCUT2D eigenvalue weighted by atomic mass is 32.2. The van der Waals surface area contributed by atoms with Crippen molar-refractivity contribution in [1.82, 2.24) is 24.6 Å². The molecule has 40 heavy (non-hydrogen) atoms. The van der Waals surface area contributed by atoms with E-state index in [0.717, 1.165) is 11.8 Å². The van der Waals surface area contributed by atoms with Gasteiger partial charge in [-0.05, 0) is 34.6 Å². The van der Waals surface area contributed by atoms with Gasteiger partial charge in [-0.15, -0.1) is 0 Å². The number of anilines is 1. The lowest BCUT2D eigenvalue weighted by atomic mass is 9.97.